The highest BCUT2D eigenvalue weighted by molar-refractivity contribution is 9.10. The maximum Gasteiger partial charge on any atom is 0.193 e. The molecule has 1 aromatic carbocycles. The summed E-state index contributed by atoms with van der Waals surface area (Å²) in [7, 11) is 1.77. The normalized spacial score (nSPS) is 22.1. The van der Waals surface area contributed by atoms with Gasteiger partial charge in [0, 0.05) is 43.3 Å². The van der Waals surface area contributed by atoms with Crippen LogP contribution in [-0.4, -0.2) is 56.4 Å². The molecule has 27 heavy (non-hydrogen) atoms. The summed E-state index contributed by atoms with van der Waals surface area (Å²) in [6, 6.07) is 5.12. The average molecular weight is 442 g/mol. The third kappa shape index (κ3) is 6.16. The number of nitrogens with one attached hydrogen (secondary N) is 1. The number of aliphatic imine (C=N–C) groups is 1. The Morgan fingerprint density at radius 3 is 2.81 bits per heavy atom. The molecule has 2 saturated heterocycles. The lowest BCUT2D eigenvalue weighted by Crippen LogP contribution is -2.47. The molecule has 2 aliphatic heterocycles. The molecule has 1 N–H and O–H groups in total. The lowest BCUT2D eigenvalue weighted by molar-refractivity contribution is -0.0721. The van der Waals surface area contributed by atoms with Crippen molar-refractivity contribution in [2.45, 2.75) is 50.9 Å². The predicted octanol–water partition coefficient (Wildman–Crippen LogP) is 3.71. The van der Waals surface area contributed by atoms with Gasteiger partial charge in [-0.05, 0) is 44.2 Å². The zero-order chi connectivity index (χ0) is 19.1. The summed E-state index contributed by atoms with van der Waals surface area (Å²) >= 11 is 3.28. The van der Waals surface area contributed by atoms with Gasteiger partial charge in [0.1, 0.15) is 5.82 Å². The molecule has 0 aliphatic carbocycles. The third-order valence-electron chi connectivity index (χ3n) is 5.20. The second kappa shape index (κ2) is 10.4. The molecule has 0 saturated carbocycles. The van der Waals surface area contributed by atoms with Crippen molar-refractivity contribution in [3.8, 4) is 0 Å². The van der Waals surface area contributed by atoms with Crippen molar-refractivity contribution in [1.29, 1.82) is 0 Å². The molecule has 0 radical (unpaired) electrons. The second-order valence-corrected chi connectivity index (χ2v) is 8.06. The molecular formula is C20H29BrFN3O2. The zero-order valence-electron chi connectivity index (χ0n) is 15.9. The topological polar surface area (TPSA) is 46.1 Å². The zero-order valence-corrected chi connectivity index (χ0v) is 17.5. The van der Waals surface area contributed by atoms with Crippen LogP contribution in [0.5, 0.6) is 0 Å². The first-order chi connectivity index (χ1) is 13.2. The fourth-order valence-corrected chi connectivity index (χ4v) is 3.92. The number of piperidine rings is 1. The fraction of sp³-hybridized carbons (Fsp3) is 0.650. The lowest BCUT2D eigenvalue weighted by atomic mass is 10.1. The van der Waals surface area contributed by atoms with Crippen molar-refractivity contribution in [3.63, 3.8) is 0 Å². The number of benzene rings is 1. The van der Waals surface area contributed by atoms with Crippen LogP contribution in [0.2, 0.25) is 0 Å². The summed E-state index contributed by atoms with van der Waals surface area (Å²) in [6.45, 7) is 3.77. The van der Waals surface area contributed by atoms with E-state index in [0.717, 1.165) is 49.4 Å². The van der Waals surface area contributed by atoms with Crippen LogP contribution in [0, 0.1) is 5.82 Å². The minimum atomic E-state index is -0.218. The third-order valence-corrected chi connectivity index (χ3v) is 5.69. The number of ether oxygens (including phenoxy) is 2. The van der Waals surface area contributed by atoms with Crippen LogP contribution >= 0.6 is 15.9 Å². The van der Waals surface area contributed by atoms with Gasteiger partial charge in [-0.3, -0.25) is 4.99 Å². The van der Waals surface area contributed by atoms with E-state index < -0.39 is 0 Å². The minimum Gasteiger partial charge on any atom is -0.376 e. The molecule has 0 amide bonds. The summed E-state index contributed by atoms with van der Waals surface area (Å²) in [4.78, 5) is 6.57. The highest BCUT2D eigenvalue weighted by atomic mass is 79.9. The quantitative estimate of drug-likeness (QED) is 0.558. The van der Waals surface area contributed by atoms with Gasteiger partial charge in [-0.2, -0.15) is 0 Å². The Bertz CT molecular complexity index is 630. The summed E-state index contributed by atoms with van der Waals surface area (Å²) in [5, 5.41) is 3.27. The number of rotatable bonds is 5. The lowest BCUT2D eigenvalue weighted by Gasteiger charge is -2.35. The molecule has 1 aromatic rings. The highest BCUT2D eigenvalue weighted by Crippen LogP contribution is 2.18. The number of hydrogen-bond donors (Lipinski definition) is 1. The Hall–Kier alpha value is -1.18. The molecule has 2 aliphatic rings. The molecule has 2 fully saturated rings. The largest absolute Gasteiger partial charge is 0.376 e. The van der Waals surface area contributed by atoms with Crippen LogP contribution in [0.15, 0.2) is 27.7 Å². The molecule has 1 atom stereocenters. The van der Waals surface area contributed by atoms with Gasteiger partial charge in [-0.25, -0.2) is 4.39 Å². The van der Waals surface area contributed by atoms with Crippen LogP contribution in [0.1, 0.15) is 37.7 Å². The van der Waals surface area contributed by atoms with Gasteiger partial charge in [-0.15, -0.1) is 0 Å². The number of halogens is 2. The number of guanidine groups is 1. The van der Waals surface area contributed by atoms with Gasteiger partial charge < -0.3 is 19.7 Å². The highest BCUT2D eigenvalue weighted by Gasteiger charge is 2.23. The van der Waals surface area contributed by atoms with Crippen LogP contribution in [0.3, 0.4) is 0 Å². The Kier molecular flexibility index (Phi) is 7.91. The van der Waals surface area contributed by atoms with E-state index in [4.69, 9.17) is 9.47 Å². The Balaban J connectivity index is 1.41. The van der Waals surface area contributed by atoms with Gasteiger partial charge >= 0.3 is 0 Å². The fourth-order valence-electron chi connectivity index (χ4n) is 3.59. The standard InChI is InChI=1S/C20H29BrFN3O2/c1-23-20(24-13-15-5-6-16(21)12-19(15)22)25-9-7-17(8-10-25)27-14-18-4-2-3-11-26-18/h5-6,12,17-18H,2-4,7-11,13-14H2,1H3,(H,23,24). The number of nitrogens with zero attached hydrogens (tertiary/aromatic N) is 2. The average Bonchev–Trinajstić information content (AvgIpc) is 2.70. The molecule has 5 nitrogen and oxygen atoms in total. The second-order valence-electron chi connectivity index (χ2n) is 7.14. The van der Waals surface area contributed by atoms with Crippen molar-refractivity contribution >= 4 is 21.9 Å². The van der Waals surface area contributed by atoms with E-state index >= 15 is 0 Å². The first-order valence-electron chi connectivity index (χ1n) is 9.78. The Labute approximate surface area is 169 Å². The Morgan fingerprint density at radius 1 is 1.33 bits per heavy atom. The molecule has 0 spiro atoms. The van der Waals surface area contributed by atoms with E-state index in [1.807, 2.05) is 6.07 Å². The maximum absolute atomic E-state index is 14.0. The van der Waals surface area contributed by atoms with Gasteiger partial charge in [-0.1, -0.05) is 22.0 Å². The first-order valence-corrected chi connectivity index (χ1v) is 10.6. The summed E-state index contributed by atoms with van der Waals surface area (Å²) < 4.78 is 26.5. The van der Waals surface area contributed by atoms with Crippen LogP contribution < -0.4 is 5.32 Å². The first kappa shape index (κ1) is 20.6. The Morgan fingerprint density at radius 2 is 2.15 bits per heavy atom. The molecule has 1 unspecified atom stereocenters. The smallest absolute Gasteiger partial charge is 0.193 e. The van der Waals surface area contributed by atoms with E-state index in [1.54, 1.807) is 13.1 Å². The molecule has 3 rings (SSSR count). The van der Waals surface area contributed by atoms with E-state index in [2.05, 4.69) is 31.1 Å². The summed E-state index contributed by atoms with van der Waals surface area (Å²) in [6.07, 6.45) is 6.03. The summed E-state index contributed by atoms with van der Waals surface area (Å²) in [5.41, 5.74) is 0.630. The van der Waals surface area contributed by atoms with Crippen molar-refractivity contribution in [2.75, 3.05) is 33.4 Å². The van der Waals surface area contributed by atoms with Crippen LogP contribution in [-0.2, 0) is 16.0 Å². The minimum absolute atomic E-state index is 0.218. The van der Waals surface area contributed by atoms with Gasteiger partial charge in [0.2, 0.25) is 0 Å². The maximum atomic E-state index is 14.0. The van der Waals surface area contributed by atoms with Crippen molar-refractivity contribution in [3.05, 3.63) is 34.1 Å². The van der Waals surface area contributed by atoms with Gasteiger partial charge in [0.05, 0.1) is 18.8 Å². The molecule has 150 valence electrons. The van der Waals surface area contributed by atoms with E-state index in [9.17, 15) is 4.39 Å². The van der Waals surface area contributed by atoms with Crippen LogP contribution in [0.25, 0.3) is 0 Å². The monoisotopic (exact) mass is 441 g/mol. The molecule has 7 heteroatoms. The van der Waals surface area contributed by atoms with Gasteiger partial charge in [0.15, 0.2) is 5.96 Å². The molecule has 2 heterocycles. The van der Waals surface area contributed by atoms with Crippen molar-refractivity contribution < 1.29 is 13.9 Å². The van der Waals surface area contributed by atoms with Crippen LogP contribution in [0.4, 0.5) is 4.39 Å². The molecule has 0 bridgehead atoms. The van der Waals surface area contributed by atoms with Crippen molar-refractivity contribution in [2.24, 2.45) is 4.99 Å². The summed E-state index contributed by atoms with van der Waals surface area (Å²) in [5.74, 6) is 0.593. The molecule has 0 aromatic heterocycles. The van der Waals surface area contributed by atoms with E-state index in [-0.39, 0.29) is 18.0 Å². The SMILES string of the molecule is CN=C(NCc1ccc(Br)cc1F)N1CCC(OCC2CCCCO2)CC1. The number of likely N-dealkylation sites (tertiary alicyclic amines) is 1. The number of hydrogen-bond acceptors (Lipinski definition) is 3. The van der Waals surface area contributed by atoms with E-state index in [1.165, 1.54) is 18.9 Å². The molecular weight excluding hydrogens is 413 g/mol. The predicted molar refractivity (Wildman–Crippen MR) is 108 cm³/mol. The van der Waals surface area contributed by atoms with Gasteiger partial charge in [0.25, 0.3) is 0 Å². The van der Waals surface area contributed by atoms with Crippen molar-refractivity contribution in [1.82, 2.24) is 10.2 Å². The van der Waals surface area contributed by atoms with E-state index in [0.29, 0.717) is 18.7 Å².